The number of benzene rings is 2. The Hall–Kier alpha value is -4.16. The first kappa shape index (κ1) is 31.8. The molecule has 0 aliphatic rings. The fraction of sp³-hybridized carbons (Fsp3) is 0.355. The molecule has 2 unspecified atom stereocenters. The van der Waals surface area contributed by atoms with E-state index in [1.165, 1.54) is 50.7 Å². The van der Waals surface area contributed by atoms with Gasteiger partial charge < -0.3 is 29.2 Å². The molecule has 2 aromatic carbocycles. The number of Topliss-reactive ketones (excluding diaryl/α,β-unsaturated/α-hetero) is 2. The first-order valence-electron chi connectivity index (χ1n) is 13.5. The van der Waals surface area contributed by atoms with Crippen LogP contribution in [0.4, 0.5) is 0 Å². The van der Waals surface area contributed by atoms with Crippen LogP contribution in [0.3, 0.4) is 0 Å². The minimum atomic E-state index is -1.01. The van der Waals surface area contributed by atoms with Crippen LogP contribution in [-0.4, -0.2) is 61.2 Å². The van der Waals surface area contributed by atoms with E-state index in [4.69, 9.17) is 29.2 Å². The quantitative estimate of drug-likeness (QED) is 0.103. The average molecular weight is 629 g/mol. The number of fused-ring (bicyclic) bond motifs is 2. The minimum absolute atomic E-state index is 0.0713. The number of thiophene rings is 2. The SMILES string of the molecule is COc1cc2sc(C(=O)CC(C)C(=O)O)cc2cc1OCCCOc1cc2cc(C(=O)CC(C)C(=O)O)sc2cc1OC. The number of ether oxygens (including phenoxy) is 4. The lowest BCUT2D eigenvalue weighted by Gasteiger charge is -2.13. The molecule has 43 heavy (non-hydrogen) atoms. The van der Waals surface area contributed by atoms with Crippen LogP contribution in [0.2, 0.25) is 0 Å². The summed E-state index contributed by atoms with van der Waals surface area (Å²) in [6, 6.07) is 10.7. The summed E-state index contributed by atoms with van der Waals surface area (Å²) in [5.74, 6) is -1.93. The summed E-state index contributed by atoms with van der Waals surface area (Å²) in [5.41, 5.74) is 0. The predicted molar refractivity (Wildman–Crippen MR) is 164 cm³/mol. The summed E-state index contributed by atoms with van der Waals surface area (Å²) in [7, 11) is 3.06. The first-order valence-corrected chi connectivity index (χ1v) is 15.1. The van der Waals surface area contributed by atoms with Gasteiger partial charge in [0.25, 0.3) is 0 Å². The molecule has 0 bridgehead atoms. The van der Waals surface area contributed by atoms with Crippen molar-refractivity contribution in [2.24, 2.45) is 11.8 Å². The smallest absolute Gasteiger partial charge is 0.306 e. The van der Waals surface area contributed by atoms with Gasteiger partial charge in [-0.3, -0.25) is 19.2 Å². The maximum absolute atomic E-state index is 12.6. The molecule has 0 aliphatic carbocycles. The van der Waals surface area contributed by atoms with Gasteiger partial charge in [-0.2, -0.15) is 0 Å². The highest BCUT2D eigenvalue weighted by Gasteiger charge is 2.21. The van der Waals surface area contributed by atoms with Gasteiger partial charge in [0, 0.05) is 40.8 Å². The number of hydrogen-bond donors (Lipinski definition) is 2. The van der Waals surface area contributed by atoms with Crippen molar-refractivity contribution in [3.05, 3.63) is 46.2 Å². The molecule has 4 aromatic rings. The molecular weight excluding hydrogens is 596 g/mol. The third kappa shape index (κ3) is 7.63. The Bertz CT molecular complexity index is 1550. The lowest BCUT2D eigenvalue weighted by molar-refractivity contribution is -0.141. The van der Waals surface area contributed by atoms with E-state index >= 15 is 0 Å². The van der Waals surface area contributed by atoms with Crippen molar-refractivity contribution >= 4 is 66.4 Å². The van der Waals surface area contributed by atoms with Crippen LogP contribution >= 0.6 is 22.7 Å². The van der Waals surface area contributed by atoms with E-state index in [1.54, 1.807) is 36.4 Å². The molecule has 0 aliphatic heterocycles. The second-order valence-electron chi connectivity index (χ2n) is 10.1. The highest BCUT2D eigenvalue weighted by molar-refractivity contribution is 7.21. The topological polar surface area (TPSA) is 146 Å². The van der Waals surface area contributed by atoms with E-state index in [0.717, 1.165) is 20.2 Å². The summed E-state index contributed by atoms with van der Waals surface area (Å²) in [6.45, 7) is 3.65. The van der Waals surface area contributed by atoms with Gasteiger partial charge in [0.1, 0.15) is 0 Å². The van der Waals surface area contributed by atoms with Crippen LogP contribution in [0.15, 0.2) is 36.4 Å². The molecule has 4 rings (SSSR count). The molecule has 12 heteroatoms. The van der Waals surface area contributed by atoms with Crippen LogP contribution in [0.25, 0.3) is 20.2 Å². The van der Waals surface area contributed by atoms with Gasteiger partial charge in [-0.05, 0) is 35.0 Å². The number of hydrogen-bond acceptors (Lipinski definition) is 10. The number of carboxylic acid groups (broad SMARTS) is 2. The van der Waals surface area contributed by atoms with Crippen molar-refractivity contribution < 1.29 is 48.3 Å². The van der Waals surface area contributed by atoms with E-state index in [2.05, 4.69) is 0 Å². The molecule has 0 saturated heterocycles. The highest BCUT2D eigenvalue weighted by Crippen LogP contribution is 2.39. The van der Waals surface area contributed by atoms with Crippen LogP contribution in [-0.2, 0) is 9.59 Å². The van der Waals surface area contributed by atoms with E-state index < -0.39 is 23.8 Å². The van der Waals surface area contributed by atoms with Gasteiger partial charge in [0.15, 0.2) is 34.6 Å². The van der Waals surface area contributed by atoms with Crippen molar-refractivity contribution in [2.75, 3.05) is 27.4 Å². The fourth-order valence-electron chi connectivity index (χ4n) is 4.27. The molecule has 2 heterocycles. The van der Waals surface area contributed by atoms with E-state index in [-0.39, 0.29) is 24.4 Å². The molecule has 10 nitrogen and oxygen atoms in total. The predicted octanol–water partition coefficient (Wildman–Crippen LogP) is 6.57. The van der Waals surface area contributed by atoms with Gasteiger partial charge in [-0.1, -0.05) is 13.8 Å². The molecule has 0 saturated carbocycles. The van der Waals surface area contributed by atoms with Crippen molar-refractivity contribution in [2.45, 2.75) is 33.1 Å². The highest BCUT2D eigenvalue weighted by atomic mass is 32.1. The monoisotopic (exact) mass is 628 g/mol. The number of carboxylic acids is 2. The van der Waals surface area contributed by atoms with E-state index in [1.807, 2.05) is 0 Å². The van der Waals surface area contributed by atoms with Crippen LogP contribution in [0, 0.1) is 11.8 Å². The van der Waals surface area contributed by atoms with Gasteiger partial charge in [0.2, 0.25) is 0 Å². The summed E-state index contributed by atoms with van der Waals surface area (Å²) < 4.78 is 24.6. The van der Waals surface area contributed by atoms with Crippen molar-refractivity contribution in [3.8, 4) is 23.0 Å². The second-order valence-corrected chi connectivity index (χ2v) is 12.3. The van der Waals surface area contributed by atoms with Crippen LogP contribution < -0.4 is 18.9 Å². The summed E-state index contributed by atoms with van der Waals surface area (Å²) in [5, 5.41) is 19.8. The molecule has 2 N–H and O–H groups in total. The van der Waals surface area contributed by atoms with E-state index in [0.29, 0.717) is 52.4 Å². The molecular formula is C31H32O10S2. The van der Waals surface area contributed by atoms with Gasteiger partial charge >= 0.3 is 11.9 Å². The zero-order chi connectivity index (χ0) is 31.3. The Morgan fingerprint density at radius 2 is 1.05 bits per heavy atom. The van der Waals surface area contributed by atoms with Crippen molar-refractivity contribution in [1.29, 1.82) is 0 Å². The van der Waals surface area contributed by atoms with Crippen molar-refractivity contribution in [1.82, 2.24) is 0 Å². The Labute approximate surface area is 255 Å². The normalized spacial score (nSPS) is 12.6. The minimum Gasteiger partial charge on any atom is -0.493 e. The lowest BCUT2D eigenvalue weighted by Crippen LogP contribution is -2.13. The number of carbonyl (C=O) groups excluding carboxylic acids is 2. The summed E-state index contributed by atoms with van der Waals surface area (Å²) >= 11 is 2.57. The van der Waals surface area contributed by atoms with Gasteiger partial charge in [0.05, 0.1) is 49.0 Å². The molecule has 0 fully saturated rings. The number of carbonyl (C=O) groups is 4. The average Bonchev–Trinajstić information content (AvgIpc) is 3.59. The van der Waals surface area contributed by atoms with Crippen LogP contribution in [0.5, 0.6) is 23.0 Å². The van der Waals surface area contributed by atoms with Gasteiger partial charge in [-0.15, -0.1) is 22.7 Å². The number of rotatable bonds is 16. The summed E-state index contributed by atoms with van der Waals surface area (Å²) in [4.78, 5) is 48.4. The maximum atomic E-state index is 12.6. The fourth-order valence-corrected chi connectivity index (χ4v) is 6.31. The van der Waals surface area contributed by atoms with Crippen LogP contribution in [0.1, 0.15) is 52.5 Å². The number of methoxy groups -OCH3 is 2. The molecule has 0 radical (unpaired) electrons. The molecule has 0 spiro atoms. The first-order chi connectivity index (χ1) is 20.5. The standard InChI is InChI=1S/C31H32O10S2/c1-16(30(34)35)8-20(32)28-12-18-10-24(22(38-3)14-26(18)42-28)40-6-5-7-41-25-11-19-13-29(21(33)9-17(2)31(36)37)43-27(19)15-23(25)39-4/h10-17H,5-9H2,1-4H3,(H,34,35)(H,36,37). The molecule has 2 aromatic heterocycles. The zero-order valence-corrected chi connectivity index (χ0v) is 25.8. The summed E-state index contributed by atoms with van der Waals surface area (Å²) in [6.07, 6.45) is 0.388. The third-order valence-electron chi connectivity index (χ3n) is 6.78. The maximum Gasteiger partial charge on any atom is 0.306 e. The van der Waals surface area contributed by atoms with E-state index in [9.17, 15) is 19.2 Å². The molecule has 2 atom stereocenters. The number of ketones is 2. The lowest BCUT2D eigenvalue weighted by atomic mass is 10.0. The Morgan fingerprint density at radius 3 is 1.40 bits per heavy atom. The Kier molecular flexibility index (Phi) is 10.3. The van der Waals surface area contributed by atoms with Crippen molar-refractivity contribution in [3.63, 3.8) is 0 Å². The molecule has 0 amide bonds. The Morgan fingerprint density at radius 1 is 0.651 bits per heavy atom. The second kappa shape index (κ2) is 13.9. The number of aliphatic carboxylic acids is 2. The molecule has 228 valence electrons. The zero-order valence-electron chi connectivity index (χ0n) is 24.1. The van der Waals surface area contributed by atoms with Gasteiger partial charge in [-0.25, -0.2) is 0 Å². The third-order valence-corrected chi connectivity index (χ3v) is 9.06. The largest absolute Gasteiger partial charge is 0.493 e. The Balaban J connectivity index is 1.38.